The van der Waals surface area contributed by atoms with E-state index in [9.17, 15) is 4.79 Å². The summed E-state index contributed by atoms with van der Waals surface area (Å²) in [5, 5.41) is 6.77. The fourth-order valence-corrected chi connectivity index (χ4v) is 1.78. The maximum absolute atomic E-state index is 11.7. The van der Waals surface area contributed by atoms with Crippen molar-refractivity contribution in [2.75, 3.05) is 18.9 Å². The zero-order chi connectivity index (χ0) is 11.5. The second-order valence-corrected chi connectivity index (χ2v) is 3.95. The van der Waals surface area contributed by atoms with Crippen LogP contribution in [0, 0.1) is 0 Å². The number of hydrogen-bond donors (Lipinski definition) is 2. The minimum Gasteiger partial charge on any atom is -0.396 e. The number of nitrogen functional groups attached to an aromatic ring is 1. The Morgan fingerprint density at radius 2 is 2.53 bits per heavy atom. The molecule has 7 heteroatoms. The molecule has 1 saturated heterocycles. The molecule has 96 valence electrons. The summed E-state index contributed by atoms with van der Waals surface area (Å²) in [6.45, 7) is 1.31. The molecule has 1 aromatic rings. The third-order valence-corrected chi connectivity index (χ3v) is 2.59. The van der Waals surface area contributed by atoms with Crippen molar-refractivity contribution >= 4 is 24.0 Å². The summed E-state index contributed by atoms with van der Waals surface area (Å²) in [5.41, 5.74) is 6.32. The zero-order valence-corrected chi connectivity index (χ0v) is 10.5. The highest BCUT2D eigenvalue weighted by atomic mass is 35.5. The Labute approximate surface area is 106 Å². The molecule has 1 amide bonds. The van der Waals surface area contributed by atoms with Crippen molar-refractivity contribution in [2.45, 2.75) is 18.9 Å². The molecule has 0 spiro atoms. The van der Waals surface area contributed by atoms with Crippen LogP contribution in [0.4, 0.5) is 5.69 Å². The number of anilines is 1. The summed E-state index contributed by atoms with van der Waals surface area (Å²) < 4.78 is 6.93. The molecule has 1 atom stereocenters. The predicted octanol–water partition coefficient (Wildman–Crippen LogP) is 0.333. The Morgan fingerprint density at radius 1 is 1.76 bits per heavy atom. The van der Waals surface area contributed by atoms with Gasteiger partial charge in [0.05, 0.1) is 11.8 Å². The molecule has 1 aliphatic heterocycles. The van der Waals surface area contributed by atoms with E-state index in [-0.39, 0.29) is 30.1 Å². The first-order valence-corrected chi connectivity index (χ1v) is 5.35. The second kappa shape index (κ2) is 5.88. The number of nitrogens with one attached hydrogen (secondary N) is 1. The first-order valence-electron chi connectivity index (χ1n) is 5.35. The average molecular weight is 261 g/mol. The number of carbonyl (C=O) groups is 1. The molecule has 3 N–H and O–H groups in total. The number of amides is 1. The van der Waals surface area contributed by atoms with Gasteiger partial charge in [0.2, 0.25) is 0 Å². The molecule has 1 fully saturated rings. The Hall–Kier alpha value is -1.27. The summed E-state index contributed by atoms with van der Waals surface area (Å²) in [7, 11) is 1.73. The van der Waals surface area contributed by atoms with Crippen LogP contribution in [0.3, 0.4) is 0 Å². The van der Waals surface area contributed by atoms with Gasteiger partial charge in [-0.05, 0) is 12.8 Å². The van der Waals surface area contributed by atoms with Crippen LogP contribution in [0.25, 0.3) is 0 Å². The number of aromatic nitrogens is 2. The highest BCUT2D eigenvalue weighted by Crippen LogP contribution is 2.11. The van der Waals surface area contributed by atoms with E-state index >= 15 is 0 Å². The Balaban J connectivity index is 0.00000144. The molecule has 17 heavy (non-hydrogen) atoms. The van der Waals surface area contributed by atoms with Crippen molar-refractivity contribution in [1.82, 2.24) is 15.1 Å². The third-order valence-electron chi connectivity index (χ3n) is 2.59. The molecular formula is C10H17ClN4O2. The fourth-order valence-electron chi connectivity index (χ4n) is 1.78. The zero-order valence-electron chi connectivity index (χ0n) is 9.68. The number of ether oxygens (including phenoxy) is 1. The topological polar surface area (TPSA) is 82.2 Å². The van der Waals surface area contributed by atoms with Crippen LogP contribution >= 0.6 is 12.4 Å². The van der Waals surface area contributed by atoms with Crippen LogP contribution < -0.4 is 11.1 Å². The molecule has 1 aliphatic rings. The number of aryl methyl sites for hydroxylation is 1. The maximum atomic E-state index is 11.7. The van der Waals surface area contributed by atoms with Gasteiger partial charge in [0.1, 0.15) is 0 Å². The monoisotopic (exact) mass is 260 g/mol. The van der Waals surface area contributed by atoms with Crippen LogP contribution in [0.15, 0.2) is 6.20 Å². The van der Waals surface area contributed by atoms with Crippen molar-refractivity contribution < 1.29 is 9.53 Å². The highest BCUT2D eigenvalue weighted by molar-refractivity contribution is 5.96. The van der Waals surface area contributed by atoms with Crippen molar-refractivity contribution in [3.8, 4) is 0 Å². The van der Waals surface area contributed by atoms with Crippen molar-refractivity contribution in [2.24, 2.45) is 7.05 Å². The Bertz CT molecular complexity index is 388. The number of hydrogen-bond acceptors (Lipinski definition) is 4. The minimum atomic E-state index is -0.242. The molecule has 0 bridgehead atoms. The van der Waals surface area contributed by atoms with E-state index in [0.717, 1.165) is 19.4 Å². The van der Waals surface area contributed by atoms with Crippen molar-refractivity contribution in [3.63, 3.8) is 0 Å². The number of carbonyl (C=O) groups excluding carboxylic acids is 1. The smallest absolute Gasteiger partial charge is 0.274 e. The third kappa shape index (κ3) is 3.34. The molecule has 1 aromatic heterocycles. The van der Waals surface area contributed by atoms with Crippen LogP contribution in [0.5, 0.6) is 0 Å². The first-order chi connectivity index (χ1) is 7.66. The summed E-state index contributed by atoms with van der Waals surface area (Å²) in [5.74, 6) is -0.242. The van der Waals surface area contributed by atoms with Crippen LogP contribution in [0.2, 0.25) is 0 Å². The van der Waals surface area contributed by atoms with Gasteiger partial charge in [0.25, 0.3) is 5.91 Å². The molecular weight excluding hydrogens is 244 g/mol. The van der Waals surface area contributed by atoms with E-state index < -0.39 is 0 Å². The van der Waals surface area contributed by atoms with E-state index in [1.807, 2.05) is 0 Å². The summed E-state index contributed by atoms with van der Waals surface area (Å²) >= 11 is 0. The quantitative estimate of drug-likeness (QED) is 0.821. The Kier molecular flexibility index (Phi) is 4.77. The largest absolute Gasteiger partial charge is 0.396 e. The second-order valence-electron chi connectivity index (χ2n) is 3.95. The summed E-state index contributed by atoms with van der Waals surface area (Å²) in [6, 6.07) is 0. The highest BCUT2D eigenvalue weighted by Gasteiger charge is 2.18. The molecule has 0 saturated carbocycles. The van der Waals surface area contributed by atoms with Crippen molar-refractivity contribution in [3.05, 3.63) is 11.9 Å². The summed E-state index contributed by atoms with van der Waals surface area (Å²) in [6.07, 6.45) is 3.81. The average Bonchev–Trinajstić information content (AvgIpc) is 2.84. The fraction of sp³-hybridized carbons (Fsp3) is 0.600. The van der Waals surface area contributed by atoms with Crippen molar-refractivity contribution in [1.29, 1.82) is 0 Å². The SMILES string of the molecule is Cl.Cn1cc(N)c(C(=O)NCC2CCCO2)n1. The van der Waals surface area contributed by atoms with Crippen LogP contribution in [0.1, 0.15) is 23.3 Å². The molecule has 2 heterocycles. The van der Waals surface area contributed by atoms with Gasteiger partial charge in [-0.25, -0.2) is 0 Å². The molecule has 6 nitrogen and oxygen atoms in total. The van der Waals surface area contributed by atoms with Gasteiger partial charge >= 0.3 is 0 Å². The number of nitrogens with zero attached hydrogens (tertiary/aromatic N) is 2. The van der Waals surface area contributed by atoms with Gasteiger partial charge in [-0.2, -0.15) is 5.10 Å². The van der Waals surface area contributed by atoms with E-state index in [2.05, 4.69) is 10.4 Å². The molecule has 1 unspecified atom stereocenters. The van der Waals surface area contributed by atoms with Gasteiger partial charge in [-0.1, -0.05) is 0 Å². The molecule has 0 aliphatic carbocycles. The lowest BCUT2D eigenvalue weighted by atomic mass is 10.2. The molecule has 2 rings (SSSR count). The lowest BCUT2D eigenvalue weighted by Gasteiger charge is -2.09. The normalized spacial score (nSPS) is 18.8. The van der Waals surface area contributed by atoms with E-state index in [0.29, 0.717) is 12.2 Å². The van der Waals surface area contributed by atoms with E-state index in [1.54, 1.807) is 13.2 Å². The first kappa shape index (κ1) is 13.8. The number of rotatable bonds is 3. The van der Waals surface area contributed by atoms with Crippen LogP contribution in [-0.4, -0.2) is 34.9 Å². The lowest BCUT2D eigenvalue weighted by molar-refractivity contribution is 0.0854. The maximum Gasteiger partial charge on any atom is 0.274 e. The predicted molar refractivity (Wildman–Crippen MR) is 66.2 cm³/mol. The number of halogens is 1. The van der Waals surface area contributed by atoms with E-state index in [1.165, 1.54) is 4.68 Å². The molecule has 0 radical (unpaired) electrons. The number of nitrogens with two attached hydrogens (primary N) is 1. The Morgan fingerprint density at radius 3 is 3.06 bits per heavy atom. The van der Waals surface area contributed by atoms with Crippen LogP contribution in [-0.2, 0) is 11.8 Å². The molecule has 0 aromatic carbocycles. The van der Waals surface area contributed by atoms with Gasteiger partial charge in [0, 0.05) is 26.4 Å². The minimum absolute atomic E-state index is 0. The summed E-state index contributed by atoms with van der Waals surface area (Å²) in [4.78, 5) is 11.7. The van der Waals surface area contributed by atoms with Gasteiger partial charge in [-0.3, -0.25) is 9.48 Å². The lowest BCUT2D eigenvalue weighted by Crippen LogP contribution is -2.32. The van der Waals surface area contributed by atoms with Gasteiger partial charge in [-0.15, -0.1) is 12.4 Å². The standard InChI is InChI=1S/C10H16N4O2.ClH/c1-14-6-8(11)9(13-14)10(15)12-5-7-3-2-4-16-7;/h6-7H,2-5,11H2,1H3,(H,12,15);1H. The van der Waals surface area contributed by atoms with Gasteiger partial charge < -0.3 is 15.8 Å². The van der Waals surface area contributed by atoms with E-state index in [4.69, 9.17) is 10.5 Å². The van der Waals surface area contributed by atoms with Gasteiger partial charge in [0.15, 0.2) is 5.69 Å².